The van der Waals surface area contributed by atoms with Gasteiger partial charge in [0, 0.05) is 47.6 Å². The topological polar surface area (TPSA) is 51.8 Å². The molecular weight excluding hydrogens is 703 g/mol. The zero-order valence-corrected chi connectivity index (χ0v) is 30.7. The molecule has 0 spiro atoms. The summed E-state index contributed by atoms with van der Waals surface area (Å²) in [5.74, 6) is 1.90. The third kappa shape index (κ3) is 4.81. The van der Waals surface area contributed by atoms with E-state index in [1.165, 1.54) is 63.6 Å². The molecule has 56 heavy (non-hydrogen) atoms. The van der Waals surface area contributed by atoms with Crippen molar-refractivity contribution in [2.75, 3.05) is 0 Å². The number of benzene rings is 9. The second-order valence-electron chi connectivity index (χ2n) is 14.3. The monoisotopic (exact) mass is 731 g/mol. The van der Waals surface area contributed by atoms with Gasteiger partial charge in [-0.1, -0.05) is 133 Å². The van der Waals surface area contributed by atoms with E-state index in [2.05, 4.69) is 115 Å². The van der Waals surface area contributed by atoms with Crippen molar-refractivity contribution < 1.29 is 4.42 Å². The molecule has 260 valence electrons. The van der Waals surface area contributed by atoms with Crippen molar-refractivity contribution in [2.45, 2.75) is 0 Å². The highest BCUT2D eigenvalue weighted by molar-refractivity contribution is 7.26. The van der Waals surface area contributed by atoms with Gasteiger partial charge in [0.25, 0.3) is 0 Å². The average Bonchev–Trinajstić information content (AvgIpc) is 3.84. The average molecular weight is 732 g/mol. The van der Waals surface area contributed by atoms with E-state index in [0.29, 0.717) is 17.5 Å². The maximum atomic E-state index is 6.13. The van der Waals surface area contributed by atoms with Crippen LogP contribution < -0.4 is 0 Å². The maximum Gasteiger partial charge on any atom is 0.164 e. The molecule has 0 aliphatic rings. The van der Waals surface area contributed by atoms with Gasteiger partial charge in [0.1, 0.15) is 11.2 Å². The van der Waals surface area contributed by atoms with Crippen LogP contribution in [0.3, 0.4) is 0 Å². The number of nitrogens with zero attached hydrogens (tertiary/aromatic N) is 3. The molecule has 5 heteroatoms. The van der Waals surface area contributed by atoms with E-state index in [4.69, 9.17) is 19.4 Å². The van der Waals surface area contributed by atoms with Crippen LogP contribution in [0, 0.1) is 0 Å². The number of thiophene rings is 1. The summed E-state index contributed by atoms with van der Waals surface area (Å²) >= 11 is 1.81. The van der Waals surface area contributed by atoms with Gasteiger partial charge in [0.2, 0.25) is 0 Å². The minimum atomic E-state index is 0.622. The van der Waals surface area contributed by atoms with Crippen LogP contribution in [0.5, 0.6) is 0 Å². The molecule has 0 saturated heterocycles. The fourth-order valence-electron chi connectivity index (χ4n) is 8.50. The van der Waals surface area contributed by atoms with Gasteiger partial charge in [-0.15, -0.1) is 11.3 Å². The first-order valence-electron chi connectivity index (χ1n) is 18.8. The standard InChI is InChI=1S/C51H29N3OS/c1-2-11-30(12-3-1)49-52-50(32-23-26-45-43(28-32)40-17-8-9-19-44(40)55-45)54-51(53-49)33-22-25-41-47(29-33)56-46-20-10-18-34(48(41)46)31-21-24-39-37-15-5-4-13-35(37)36-14-6-7-16-38(36)42(39)27-31/h1-29H. The molecule has 0 aliphatic carbocycles. The fraction of sp³-hybridized carbons (Fsp3) is 0. The number of para-hydroxylation sites is 1. The molecule has 0 radical (unpaired) electrons. The number of hydrogen-bond donors (Lipinski definition) is 0. The molecular formula is C51H29N3OS. The van der Waals surface area contributed by atoms with Gasteiger partial charge in [-0.3, -0.25) is 0 Å². The van der Waals surface area contributed by atoms with E-state index in [1.54, 1.807) is 0 Å². The van der Waals surface area contributed by atoms with Crippen molar-refractivity contribution in [3.63, 3.8) is 0 Å². The lowest BCUT2D eigenvalue weighted by Gasteiger charge is -2.12. The summed E-state index contributed by atoms with van der Waals surface area (Å²) in [5.41, 5.74) is 6.95. The lowest BCUT2D eigenvalue weighted by molar-refractivity contribution is 0.669. The Kier molecular flexibility index (Phi) is 6.76. The van der Waals surface area contributed by atoms with Crippen molar-refractivity contribution in [3.8, 4) is 45.3 Å². The summed E-state index contributed by atoms with van der Waals surface area (Å²) in [6, 6.07) is 62.3. The predicted molar refractivity (Wildman–Crippen MR) is 234 cm³/mol. The number of furan rings is 1. The largest absolute Gasteiger partial charge is 0.456 e. The van der Waals surface area contributed by atoms with Gasteiger partial charge in [-0.2, -0.15) is 0 Å². The van der Waals surface area contributed by atoms with Gasteiger partial charge in [-0.05, 0) is 85.9 Å². The van der Waals surface area contributed by atoms with Crippen molar-refractivity contribution in [1.82, 2.24) is 15.0 Å². The first kappa shape index (κ1) is 31.2. The Morgan fingerprint density at radius 2 is 0.857 bits per heavy atom. The van der Waals surface area contributed by atoms with Gasteiger partial charge in [-0.25, -0.2) is 15.0 Å². The van der Waals surface area contributed by atoms with E-state index in [0.717, 1.165) is 38.6 Å². The van der Waals surface area contributed by atoms with Crippen LogP contribution in [0.15, 0.2) is 180 Å². The number of aromatic nitrogens is 3. The van der Waals surface area contributed by atoms with E-state index >= 15 is 0 Å². The third-order valence-corrected chi connectivity index (χ3v) is 12.2. The molecule has 0 bridgehead atoms. The van der Waals surface area contributed by atoms with Crippen LogP contribution in [0.25, 0.3) is 120 Å². The van der Waals surface area contributed by atoms with Crippen LogP contribution in [0.4, 0.5) is 0 Å². The van der Waals surface area contributed by atoms with E-state index in [-0.39, 0.29) is 0 Å². The highest BCUT2D eigenvalue weighted by Gasteiger charge is 2.18. The zero-order chi connectivity index (χ0) is 36.7. The highest BCUT2D eigenvalue weighted by Crippen LogP contribution is 2.43. The summed E-state index contributed by atoms with van der Waals surface area (Å²) < 4.78 is 8.57. The maximum absolute atomic E-state index is 6.13. The van der Waals surface area contributed by atoms with Crippen LogP contribution >= 0.6 is 11.3 Å². The molecule has 0 aliphatic heterocycles. The van der Waals surface area contributed by atoms with Crippen molar-refractivity contribution >= 4 is 85.8 Å². The fourth-order valence-corrected chi connectivity index (χ4v) is 9.67. The molecule has 4 nitrogen and oxygen atoms in total. The van der Waals surface area contributed by atoms with Gasteiger partial charge >= 0.3 is 0 Å². The first-order chi connectivity index (χ1) is 27.7. The predicted octanol–water partition coefficient (Wildman–Crippen LogP) is 14.3. The summed E-state index contributed by atoms with van der Waals surface area (Å²) in [4.78, 5) is 15.2. The molecule has 0 fully saturated rings. The van der Waals surface area contributed by atoms with E-state index in [9.17, 15) is 0 Å². The number of hydrogen-bond acceptors (Lipinski definition) is 5. The van der Waals surface area contributed by atoms with Crippen LogP contribution in [0.1, 0.15) is 0 Å². The molecule has 0 atom stereocenters. The van der Waals surface area contributed by atoms with Crippen molar-refractivity contribution in [3.05, 3.63) is 176 Å². The SMILES string of the molecule is c1ccc(-c2nc(-c3ccc4c(c3)sc3cccc(-c5ccc6c7ccccc7c7ccccc7c6c5)c34)nc(-c3ccc4oc5ccccc5c4c3)n2)cc1. The summed E-state index contributed by atoms with van der Waals surface area (Å²) in [7, 11) is 0. The quantitative estimate of drug-likeness (QED) is 0.169. The van der Waals surface area contributed by atoms with Crippen LogP contribution in [0.2, 0.25) is 0 Å². The highest BCUT2D eigenvalue weighted by atomic mass is 32.1. The molecule has 9 aromatic carbocycles. The Morgan fingerprint density at radius 3 is 1.61 bits per heavy atom. The van der Waals surface area contributed by atoms with Gasteiger partial charge in [0.05, 0.1) is 0 Å². The summed E-state index contributed by atoms with van der Waals surface area (Å²) in [5, 5.41) is 12.3. The van der Waals surface area contributed by atoms with Gasteiger partial charge < -0.3 is 4.42 Å². The normalized spacial score (nSPS) is 11.9. The molecule has 0 saturated carbocycles. The second-order valence-corrected chi connectivity index (χ2v) is 15.4. The molecule has 0 amide bonds. The zero-order valence-electron chi connectivity index (χ0n) is 29.9. The Labute approximate surface area is 325 Å². The lowest BCUT2D eigenvalue weighted by Crippen LogP contribution is -2.00. The minimum Gasteiger partial charge on any atom is -0.456 e. The van der Waals surface area contributed by atoms with Gasteiger partial charge in [0.15, 0.2) is 17.5 Å². The molecule has 3 aromatic heterocycles. The summed E-state index contributed by atoms with van der Waals surface area (Å²) in [6.07, 6.45) is 0. The molecule has 0 unspecified atom stereocenters. The van der Waals surface area contributed by atoms with Crippen molar-refractivity contribution in [1.29, 1.82) is 0 Å². The number of rotatable bonds is 4. The Bertz CT molecular complexity index is 3510. The smallest absolute Gasteiger partial charge is 0.164 e. The molecule has 0 N–H and O–H groups in total. The molecule has 12 rings (SSSR count). The summed E-state index contributed by atoms with van der Waals surface area (Å²) in [6.45, 7) is 0. The number of fused-ring (bicyclic) bond motifs is 12. The minimum absolute atomic E-state index is 0.622. The molecule has 12 aromatic rings. The Balaban J connectivity index is 1.02. The third-order valence-electron chi connectivity index (χ3n) is 11.1. The molecule has 3 heterocycles. The second kappa shape index (κ2) is 12.2. The van der Waals surface area contributed by atoms with Crippen molar-refractivity contribution in [2.24, 2.45) is 0 Å². The van der Waals surface area contributed by atoms with Crippen LogP contribution in [-0.2, 0) is 0 Å². The lowest BCUT2D eigenvalue weighted by atomic mass is 9.91. The Morgan fingerprint density at radius 1 is 0.321 bits per heavy atom. The first-order valence-corrected chi connectivity index (χ1v) is 19.6. The van der Waals surface area contributed by atoms with E-state index < -0.39 is 0 Å². The Hall–Kier alpha value is -7.21. The van der Waals surface area contributed by atoms with E-state index in [1.807, 2.05) is 72.0 Å². The van der Waals surface area contributed by atoms with Crippen LogP contribution in [-0.4, -0.2) is 15.0 Å².